The molecule has 0 spiro atoms. The van der Waals surface area contributed by atoms with Crippen LogP contribution < -0.4 is 10.6 Å². The summed E-state index contributed by atoms with van der Waals surface area (Å²) < 4.78 is 5.57. The van der Waals surface area contributed by atoms with Crippen LogP contribution in [0.4, 0.5) is 9.80 Å². The van der Waals surface area contributed by atoms with E-state index >= 15 is 0 Å². The highest BCUT2D eigenvalue weighted by atomic mass is 32.1. The first-order valence-corrected chi connectivity index (χ1v) is 9.04. The number of aromatic nitrogens is 1. The van der Waals surface area contributed by atoms with Crippen molar-refractivity contribution in [2.75, 3.05) is 11.9 Å². The van der Waals surface area contributed by atoms with Crippen molar-refractivity contribution in [3.63, 3.8) is 0 Å². The lowest BCUT2D eigenvalue weighted by atomic mass is 10.2. The van der Waals surface area contributed by atoms with Gasteiger partial charge in [0, 0.05) is 6.20 Å². The molecule has 3 heterocycles. The molecule has 0 fully saturated rings. The molecule has 25 heavy (non-hydrogen) atoms. The first kappa shape index (κ1) is 17.1. The number of pyridine rings is 1. The number of alkyl carbamates (subject to hydrolysis) is 1. The number of nitrogens with one attached hydrogen (secondary N) is 2. The van der Waals surface area contributed by atoms with Crippen LogP contribution in [0.25, 0.3) is 10.2 Å². The Labute approximate surface area is 150 Å². The number of hydrogen-bond acceptors (Lipinski definition) is 7. The van der Waals surface area contributed by atoms with Crippen LogP contribution in [0.3, 0.4) is 0 Å². The van der Waals surface area contributed by atoms with E-state index in [1.54, 1.807) is 18.4 Å². The highest BCUT2D eigenvalue weighted by Gasteiger charge is 2.18. The van der Waals surface area contributed by atoms with Crippen molar-refractivity contribution in [1.29, 1.82) is 0 Å². The number of carbonyl (C=O) groups excluding carboxylic acids is 3. The van der Waals surface area contributed by atoms with E-state index in [1.807, 2.05) is 11.4 Å². The Kier molecular flexibility index (Phi) is 5.05. The topological polar surface area (TPSA) is 97.4 Å². The lowest BCUT2D eigenvalue weighted by molar-refractivity contribution is 0.0926. The summed E-state index contributed by atoms with van der Waals surface area (Å²) in [5, 5.41) is 8.68. The van der Waals surface area contributed by atoms with Gasteiger partial charge in [0.2, 0.25) is 0 Å². The molecule has 2 N–H and O–H groups in total. The number of anilines is 1. The normalized spacial score (nSPS) is 10.4. The van der Waals surface area contributed by atoms with E-state index in [0.717, 1.165) is 10.2 Å². The predicted octanol–water partition coefficient (Wildman–Crippen LogP) is 3.50. The number of rotatable bonds is 4. The lowest BCUT2D eigenvalue weighted by Gasteiger charge is -2.07. The summed E-state index contributed by atoms with van der Waals surface area (Å²) in [6, 6.07) is 5.14. The van der Waals surface area contributed by atoms with Crippen LogP contribution in [0, 0.1) is 0 Å². The van der Waals surface area contributed by atoms with Crippen LogP contribution in [0.15, 0.2) is 35.2 Å². The highest BCUT2D eigenvalue weighted by molar-refractivity contribution is 7.17. The summed E-state index contributed by atoms with van der Waals surface area (Å²) in [5.74, 6) is -1.02. The summed E-state index contributed by atoms with van der Waals surface area (Å²) in [6.45, 7) is 1.79. The Morgan fingerprint density at radius 1 is 1.16 bits per heavy atom. The molecule has 0 aliphatic rings. The molecule has 3 amide bonds. The van der Waals surface area contributed by atoms with Crippen LogP contribution in [-0.4, -0.2) is 29.5 Å². The van der Waals surface area contributed by atoms with E-state index in [-0.39, 0.29) is 18.1 Å². The molecule has 0 atom stereocenters. The SMILES string of the molecule is CCOC(=O)NC(=O)c1ccsc1NC(=O)c1cnc2ccsc2c1. The van der Waals surface area contributed by atoms with Gasteiger partial charge >= 0.3 is 6.09 Å². The van der Waals surface area contributed by atoms with Crippen LogP contribution >= 0.6 is 22.7 Å². The second-order valence-electron chi connectivity index (χ2n) is 4.82. The minimum absolute atomic E-state index is 0.157. The number of amides is 3. The molecule has 3 rings (SSSR count). The van der Waals surface area contributed by atoms with Gasteiger partial charge < -0.3 is 10.1 Å². The van der Waals surface area contributed by atoms with Gasteiger partial charge in [0.15, 0.2) is 0 Å². The van der Waals surface area contributed by atoms with Crippen molar-refractivity contribution in [2.45, 2.75) is 6.92 Å². The monoisotopic (exact) mass is 375 g/mol. The second kappa shape index (κ2) is 7.41. The average Bonchev–Trinajstić information content (AvgIpc) is 3.22. The number of imide groups is 1. The molecule has 9 heteroatoms. The predicted molar refractivity (Wildman–Crippen MR) is 96.4 cm³/mol. The molecule has 7 nitrogen and oxygen atoms in total. The molecule has 3 aromatic rings. The summed E-state index contributed by atoms with van der Waals surface area (Å²) in [6.07, 6.45) is 0.652. The Morgan fingerprint density at radius 3 is 2.76 bits per heavy atom. The standard InChI is InChI=1S/C16H13N3O4S2/c1-2-23-16(22)19-14(21)10-3-5-25-15(10)18-13(20)9-7-12-11(17-8-9)4-6-24-12/h3-8H,2H2,1H3,(H,18,20)(H,19,21,22). The molecule has 0 unspecified atom stereocenters. The molecule has 0 saturated heterocycles. The third kappa shape index (κ3) is 3.83. The van der Waals surface area contributed by atoms with Gasteiger partial charge in [-0.1, -0.05) is 0 Å². The van der Waals surface area contributed by atoms with Crippen LogP contribution in [0.1, 0.15) is 27.6 Å². The van der Waals surface area contributed by atoms with Gasteiger partial charge in [-0.3, -0.25) is 19.9 Å². The van der Waals surface area contributed by atoms with Gasteiger partial charge in [-0.15, -0.1) is 22.7 Å². The molecule has 0 saturated carbocycles. The van der Waals surface area contributed by atoms with Crippen molar-refractivity contribution >= 4 is 55.8 Å². The van der Waals surface area contributed by atoms with E-state index in [9.17, 15) is 14.4 Å². The number of ether oxygens (including phenoxy) is 1. The highest BCUT2D eigenvalue weighted by Crippen LogP contribution is 2.25. The molecule has 0 aliphatic carbocycles. The molecule has 3 aromatic heterocycles. The molecule has 0 aromatic carbocycles. The zero-order valence-corrected chi connectivity index (χ0v) is 14.7. The molecule has 0 aliphatic heterocycles. The van der Waals surface area contributed by atoms with E-state index in [2.05, 4.69) is 20.4 Å². The summed E-state index contributed by atoms with van der Waals surface area (Å²) in [7, 11) is 0. The van der Waals surface area contributed by atoms with Crippen molar-refractivity contribution in [2.24, 2.45) is 0 Å². The number of thiophene rings is 2. The quantitative estimate of drug-likeness (QED) is 0.727. The minimum Gasteiger partial charge on any atom is -0.450 e. The van der Waals surface area contributed by atoms with E-state index in [4.69, 9.17) is 0 Å². The third-order valence-electron chi connectivity index (χ3n) is 3.19. The zero-order chi connectivity index (χ0) is 17.8. The molecular formula is C16H13N3O4S2. The Bertz CT molecular complexity index is 948. The number of carbonyl (C=O) groups is 3. The van der Waals surface area contributed by atoms with E-state index in [0.29, 0.717) is 10.6 Å². The average molecular weight is 375 g/mol. The van der Waals surface area contributed by atoms with Gasteiger partial charge in [-0.05, 0) is 35.9 Å². The fourth-order valence-electron chi connectivity index (χ4n) is 2.06. The third-order valence-corrected chi connectivity index (χ3v) is 4.88. The fourth-order valence-corrected chi connectivity index (χ4v) is 3.62. The van der Waals surface area contributed by atoms with Crippen LogP contribution in [0.5, 0.6) is 0 Å². The lowest BCUT2D eigenvalue weighted by Crippen LogP contribution is -2.31. The Balaban J connectivity index is 1.74. The Hall–Kier alpha value is -2.78. The summed E-state index contributed by atoms with van der Waals surface area (Å²) in [5.41, 5.74) is 1.41. The van der Waals surface area contributed by atoms with Crippen molar-refractivity contribution < 1.29 is 19.1 Å². The van der Waals surface area contributed by atoms with Gasteiger partial charge in [0.05, 0.1) is 28.0 Å². The summed E-state index contributed by atoms with van der Waals surface area (Å²) >= 11 is 2.67. The molecule has 0 bridgehead atoms. The molecule has 0 radical (unpaired) electrons. The minimum atomic E-state index is -0.830. The van der Waals surface area contributed by atoms with E-state index in [1.165, 1.54) is 34.9 Å². The number of fused-ring (bicyclic) bond motifs is 1. The first-order valence-electron chi connectivity index (χ1n) is 7.28. The maximum absolute atomic E-state index is 12.4. The zero-order valence-electron chi connectivity index (χ0n) is 13.1. The number of nitrogens with zero attached hydrogens (tertiary/aromatic N) is 1. The van der Waals surface area contributed by atoms with Gasteiger partial charge in [-0.25, -0.2) is 4.79 Å². The fraction of sp³-hybridized carbons (Fsp3) is 0.125. The van der Waals surface area contributed by atoms with Crippen LogP contribution in [-0.2, 0) is 4.74 Å². The van der Waals surface area contributed by atoms with Crippen molar-refractivity contribution in [1.82, 2.24) is 10.3 Å². The number of hydrogen-bond donors (Lipinski definition) is 2. The van der Waals surface area contributed by atoms with Crippen molar-refractivity contribution in [3.8, 4) is 0 Å². The maximum Gasteiger partial charge on any atom is 0.414 e. The van der Waals surface area contributed by atoms with E-state index < -0.39 is 12.0 Å². The molecular weight excluding hydrogens is 362 g/mol. The smallest absolute Gasteiger partial charge is 0.414 e. The van der Waals surface area contributed by atoms with Crippen LogP contribution in [0.2, 0.25) is 0 Å². The Morgan fingerprint density at radius 2 is 1.96 bits per heavy atom. The van der Waals surface area contributed by atoms with Gasteiger partial charge in [0.1, 0.15) is 5.00 Å². The first-order chi connectivity index (χ1) is 12.1. The molecule has 128 valence electrons. The second-order valence-corrected chi connectivity index (χ2v) is 6.68. The largest absolute Gasteiger partial charge is 0.450 e. The van der Waals surface area contributed by atoms with Crippen molar-refractivity contribution in [3.05, 3.63) is 46.3 Å². The van der Waals surface area contributed by atoms with Gasteiger partial charge in [-0.2, -0.15) is 0 Å². The van der Waals surface area contributed by atoms with Gasteiger partial charge in [0.25, 0.3) is 11.8 Å². The summed E-state index contributed by atoms with van der Waals surface area (Å²) in [4.78, 5) is 40.1. The maximum atomic E-state index is 12.4.